The second kappa shape index (κ2) is 2.97. The summed E-state index contributed by atoms with van der Waals surface area (Å²) in [5, 5.41) is 8.09. The maximum Gasteiger partial charge on any atom is 0.107 e. The van der Waals surface area contributed by atoms with Crippen molar-refractivity contribution in [1.82, 2.24) is 20.0 Å². The summed E-state index contributed by atoms with van der Waals surface area (Å²) in [6, 6.07) is 3.92. The number of aryl methyl sites for hydroxylation is 2. The lowest BCUT2D eigenvalue weighted by Gasteiger charge is -2.03. The molecule has 0 aromatic carbocycles. The van der Waals surface area contributed by atoms with Crippen molar-refractivity contribution in [3.8, 4) is 5.69 Å². The Kier molecular flexibility index (Phi) is 1.81. The zero-order valence-corrected chi connectivity index (χ0v) is 7.60. The highest BCUT2D eigenvalue weighted by Crippen LogP contribution is 2.09. The van der Waals surface area contributed by atoms with E-state index in [1.807, 2.05) is 26.0 Å². The Hall–Kier alpha value is -1.71. The molecule has 2 rings (SSSR count). The van der Waals surface area contributed by atoms with Gasteiger partial charge in [0, 0.05) is 5.69 Å². The summed E-state index contributed by atoms with van der Waals surface area (Å²) in [7, 11) is 0. The molecule has 0 unspecified atom stereocenters. The number of rotatable bonds is 1. The first kappa shape index (κ1) is 7.91. The summed E-state index contributed by atoms with van der Waals surface area (Å²) in [4.78, 5) is 5.90. The average molecular weight is 174 g/mol. The van der Waals surface area contributed by atoms with Crippen molar-refractivity contribution in [1.29, 1.82) is 0 Å². The van der Waals surface area contributed by atoms with Crippen LogP contribution in [0.4, 0.5) is 0 Å². The van der Waals surface area contributed by atoms with Crippen LogP contribution in [0.15, 0.2) is 24.5 Å². The Labute approximate surface area is 76.2 Å². The van der Waals surface area contributed by atoms with Crippen molar-refractivity contribution in [2.45, 2.75) is 13.8 Å². The van der Waals surface area contributed by atoms with E-state index in [4.69, 9.17) is 0 Å². The van der Waals surface area contributed by atoms with Gasteiger partial charge in [-0.15, -0.1) is 4.80 Å². The molecule has 2 aromatic heterocycles. The molecule has 0 aliphatic heterocycles. The molecule has 0 spiro atoms. The SMILES string of the molecule is Cc1ccc(-n2nccn2)c(C)n1. The van der Waals surface area contributed by atoms with Gasteiger partial charge in [0.1, 0.15) is 5.69 Å². The Morgan fingerprint density at radius 1 is 1.08 bits per heavy atom. The van der Waals surface area contributed by atoms with E-state index in [2.05, 4.69) is 15.2 Å². The Morgan fingerprint density at radius 3 is 2.38 bits per heavy atom. The molecule has 2 heterocycles. The Balaban J connectivity index is 2.53. The van der Waals surface area contributed by atoms with Gasteiger partial charge in [-0.3, -0.25) is 4.98 Å². The normalized spacial score (nSPS) is 10.3. The van der Waals surface area contributed by atoms with Crippen molar-refractivity contribution < 1.29 is 0 Å². The van der Waals surface area contributed by atoms with E-state index in [0.717, 1.165) is 17.1 Å². The minimum Gasteiger partial charge on any atom is -0.256 e. The van der Waals surface area contributed by atoms with Gasteiger partial charge in [0.15, 0.2) is 0 Å². The van der Waals surface area contributed by atoms with Gasteiger partial charge in [0.2, 0.25) is 0 Å². The maximum atomic E-state index is 4.33. The molecule has 0 atom stereocenters. The lowest BCUT2D eigenvalue weighted by molar-refractivity contribution is 0.740. The smallest absolute Gasteiger partial charge is 0.107 e. The molecule has 0 aliphatic rings. The summed E-state index contributed by atoms with van der Waals surface area (Å²) in [5.41, 5.74) is 2.88. The molecular formula is C9H10N4. The summed E-state index contributed by atoms with van der Waals surface area (Å²) in [6.45, 7) is 3.92. The molecule has 66 valence electrons. The first-order chi connectivity index (χ1) is 6.27. The van der Waals surface area contributed by atoms with Crippen LogP contribution in [0.2, 0.25) is 0 Å². The molecular weight excluding hydrogens is 164 g/mol. The van der Waals surface area contributed by atoms with Gasteiger partial charge in [0.25, 0.3) is 0 Å². The van der Waals surface area contributed by atoms with Gasteiger partial charge in [-0.1, -0.05) is 0 Å². The van der Waals surface area contributed by atoms with E-state index in [1.165, 1.54) is 0 Å². The highest BCUT2D eigenvalue weighted by atomic mass is 15.5. The molecule has 0 radical (unpaired) electrons. The summed E-state index contributed by atoms with van der Waals surface area (Å²) < 4.78 is 0. The van der Waals surface area contributed by atoms with Crippen LogP contribution in [0.1, 0.15) is 11.4 Å². The number of hydrogen-bond donors (Lipinski definition) is 0. The van der Waals surface area contributed by atoms with Crippen LogP contribution in [0.3, 0.4) is 0 Å². The molecule has 0 fully saturated rings. The number of pyridine rings is 1. The predicted molar refractivity (Wildman–Crippen MR) is 48.6 cm³/mol. The second-order valence-electron chi connectivity index (χ2n) is 2.88. The fourth-order valence-corrected chi connectivity index (χ4v) is 1.23. The van der Waals surface area contributed by atoms with Crippen LogP contribution < -0.4 is 0 Å². The van der Waals surface area contributed by atoms with Gasteiger partial charge in [0.05, 0.1) is 18.1 Å². The van der Waals surface area contributed by atoms with Gasteiger partial charge in [-0.05, 0) is 26.0 Å². The Bertz CT molecular complexity index is 406. The van der Waals surface area contributed by atoms with Crippen LogP contribution in [0, 0.1) is 13.8 Å². The standard InChI is InChI=1S/C9H10N4/c1-7-3-4-9(8(2)12-7)13-10-5-6-11-13/h3-6H,1-2H3. The largest absolute Gasteiger partial charge is 0.256 e. The lowest BCUT2D eigenvalue weighted by atomic mass is 10.3. The first-order valence-electron chi connectivity index (χ1n) is 4.08. The highest BCUT2D eigenvalue weighted by molar-refractivity contribution is 5.34. The zero-order valence-electron chi connectivity index (χ0n) is 7.60. The van der Waals surface area contributed by atoms with Gasteiger partial charge in [-0.25, -0.2) is 0 Å². The Morgan fingerprint density at radius 2 is 1.77 bits per heavy atom. The molecule has 0 saturated heterocycles. The quantitative estimate of drug-likeness (QED) is 0.654. The van der Waals surface area contributed by atoms with E-state index in [9.17, 15) is 0 Å². The first-order valence-corrected chi connectivity index (χ1v) is 4.08. The van der Waals surface area contributed by atoms with Gasteiger partial charge in [-0.2, -0.15) is 10.2 Å². The molecule has 2 aromatic rings. The minimum absolute atomic E-state index is 0.926. The maximum absolute atomic E-state index is 4.33. The topological polar surface area (TPSA) is 43.6 Å². The van der Waals surface area contributed by atoms with E-state index in [-0.39, 0.29) is 0 Å². The summed E-state index contributed by atoms with van der Waals surface area (Å²) in [5.74, 6) is 0. The molecule has 0 N–H and O–H groups in total. The molecule has 0 aliphatic carbocycles. The van der Waals surface area contributed by atoms with Crippen molar-refractivity contribution in [2.75, 3.05) is 0 Å². The molecule has 0 amide bonds. The summed E-state index contributed by atoms with van der Waals surface area (Å²) in [6.07, 6.45) is 3.30. The average Bonchev–Trinajstić information content (AvgIpc) is 2.56. The van der Waals surface area contributed by atoms with Crippen LogP contribution >= 0.6 is 0 Å². The fourth-order valence-electron chi connectivity index (χ4n) is 1.23. The number of aromatic nitrogens is 4. The number of nitrogens with zero attached hydrogens (tertiary/aromatic N) is 4. The highest BCUT2D eigenvalue weighted by Gasteiger charge is 2.02. The van der Waals surface area contributed by atoms with Gasteiger partial charge >= 0.3 is 0 Å². The van der Waals surface area contributed by atoms with E-state index in [1.54, 1.807) is 17.2 Å². The molecule has 13 heavy (non-hydrogen) atoms. The second-order valence-corrected chi connectivity index (χ2v) is 2.88. The third-order valence-corrected chi connectivity index (χ3v) is 1.83. The van der Waals surface area contributed by atoms with E-state index >= 15 is 0 Å². The van der Waals surface area contributed by atoms with Crippen LogP contribution in [0.25, 0.3) is 5.69 Å². The third kappa shape index (κ3) is 1.42. The molecule has 0 saturated carbocycles. The van der Waals surface area contributed by atoms with E-state index < -0.39 is 0 Å². The third-order valence-electron chi connectivity index (χ3n) is 1.83. The number of hydrogen-bond acceptors (Lipinski definition) is 3. The van der Waals surface area contributed by atoms with Crippen LogP contribution in [-0.4, -0.2) is 20.0 Å². The zero-order chi connectivity index (χ0) is 9.26. The van der Waals surface area contributed by atoms with Gasteiger partial charge < -0.3 is 0 Å². The van der Waals surface area contributed by atoms with Crippen molar-refractivity contribution in [3.05, 3.63) is 35.9 Å². The van der Waals surface area contributed by atoms with Crippen LogP contribution in [0.5, 0.6) is 0 Å². The molecule has 4 nitrogen and oxygen atoms in total. The van der Waals surface area contributed by atoms with Crippen molar-refractivity contribution in [2.24, 2.45) is 0 Å². The monoisotopic (exact) mass is 174 g/mol. The summed E-state index contributed by atoms with van der Waals surface area (Å²) >= 11 is 0. The lowest BCUT2D eigenvalue weighted by Crippen LogP contribution is -2.02. The minimum atomic E-state index is 0.926. The fraction of sp³-hybridized carbons (Fsp3) is 0.222. The molecule has 4 heteroatoms. The molecule has 0 bridgehead atoms. The van der Waals surface area contributed by atoms with Crippen molar-refractivity contribution >= 4 is 0 Å². The predicted octanol–water partition coefficient (Wildman–Crippen LogP) is 1.28. The van der Waals surface area contributed by atoms with E-state index in [0.29, 0.717) is 0 Å². The van der Waals surface area contributed by atoms with Crippen LogP contribution in [-0.2, 0) is 0 Å². The van der Waals surface area contributed by atoms with Crippen molar-refractivity contribution in [3.63, 3.8) is 0 Å².